The lowest BCUT2D eigenvalue weighted by Crippen LogP contribution is -2.35. The van der Waals surface area contributed by atoms with Crippen LogP contribution in [0.4, 0.5) is 0 Å². The summed E-state index contributed by atoms with van der Waals surface area (Å²) in [6.07, 6.45) is 0. The number of ether oxygens (including phenoxy) is 1. The van der Waals surface area contributed by atoms with Crippen LogP contribution in [-0.2, 0) is 9.53 Å². The molecule has 0 aromatic carbocycles. The van der Waals surface area contributed by atoms with Crippen molar-refractivity contribution >= 4 is 5.91 Å². The molecule has 0 spiro atoms. The molecule has 9 heavy (non-hydrogen) atoms. The first-order valence-electron chi connectivity index (χ1n) is 2.99. The fraction of sp³-hybridized carbons (Fsp3) is 0.667. The van der Waals surface area contributed by atoms with Crippen LogP contribution >= 0.6 is 0 Å². The van der Waals surface area contributed by atoms with E-state index in [1.807, 2.05) is 0 Å². The number of rotatable bonds is 0. The minimum absolute atomic E-state index is 0.0956. The maximum absolute atomic E-state index is 10.6. The van der Waals surface area contributed by atoms with Gasteiger partial charge in [0.25, 0.3) is 0 Å². The van der Waals surface area contributed by atoms with Gasteiger partial charge in [-0.05, 0) is 0 Å². The van der Waals surface area contributed by atoms with Gasteiger partial charge >= 0.3 is 0 Å². The van der Waals surface area contributed by atoms with Crippen LogP contribution in [0.2, 0.25) is 0 Å². The van der Waals surface area contributed by atoms with Crippen LogP contribution < -0.4 is 0 Å². The number of nitrogens with zero attached hydrogens (tertiary/aromatic N) is 1. The van der Waals surface area contributed by atoms with Crippen molar-refractivity contribution in [3.8, 4) is 0 Å². The number of carbonyl (C=O) groups is 1. The Morgan fingerprint density at radius 2 is 2.56 bits per heavy atom. The van der Waals surface area contributed by atoms with Crippen LogP contribution in [0, 0.1) is 6.54 Å². The standard InChI is InChI=1S/C6H10NO2/c1-6(8)7-2-4-9-5-3-7/h2H,3-5H2,1H3. The predicted octanol–water partition coefficient (Wildman–Crippen LogP) is 0.0269. The van der Waals surface area contributed by atoms with Crippen molar-refractivity contribution in [2.45, 2.75) is 6.92 Å². The second kappa shape index (κ2) is 2.82. The van der Waals surface area contributed by atoms with Gasteiger partial charge in [0.05, 0.1) is 19.8 Å². The molecule has 1 heterocycles. The number of amides is 1. The molecule has 1 aliphatic heterocycles. The van der Waals surface area contributed by atoms with E-state index in [-0.39, 0.29) is 5.91 Å². The lowest BCUT2D eigenvalue weighted by molar-refractivity contribution is -0.130. The third kappa shape index (κ3) is 1.68. The van der Waals surface area contributed by atoms with Gasteiger partial charge in [0.2, 0.25) is 5.91 Å². The van der Waals surface area contributed by atoms with E-state index in [2.05, 4.69) is 0 Å². The molecule has 0 bridgehead atoms. The molecule has 0 saturated carbocycles. The average molecular weight is 128 g/mol. The second-order valence-electron chi connectivity index (χ2n) is 1.97. The fourth-order valence-electron chi connectivity index (χ4n) is 0.766. The van der Waals surface area contributed by atoms with E-state index < -0.39 is 0 Å². The zero-order chi connectivity index (χ0) is 6.69. The Labute approximate surface area is 54.6 Å². The molecule has 0 N–H and O–H groups in total. The van der Waals surface area contributed by atoms with Gasteiger partial charge in [0.1, 0.15) is 0 Å². The third-order valence-electron chi connectivity index (χ3n) is 1.29. The van der Waals surface area contributed by atoms with Crippen molar-refractivity contribution in [2.24, 2.45) is 0 Å². The Kier molecular flexibility index (Phi) is 2.05. The Hall–Kier alpha value is -0.570. The molecule has 0 aromatic heterocycles. The van der Waals surface area contributed by atoms with E-state index in [1.165, 1.54) is 0 Å². The van der Waals surface area contributed by atoms with Gasteiger partial charge in [-0.1, -0.05) is 0 Å². The summed E-state index contributed by atoms with van der Waals surface area (Å²) in [6.45, 7) is 5.26. The van der Waals surface area contributed by atoms with Crippen molar-refractivity contribution < 1.29 is 9.53 Å². The van der Waals surface area contributed by atoms with Gasteiger partial charge in [-0.15, -0.1) is 0 Å². The van der Waals surface area contributed by atoms with Crippen molar-refractivity contribution in [2.75, 3.05) is 19.8 Å². The molecule has 1 fully saturated rings. The van der Waals surface area contributed by atoms with E-state index in [1.54, 1.807) is 18.4 Å². The molecule has 1 amide bonds. The van der Waals surface area contributed by atoms with Gasteiger partial charge in [-0.25, -0.2) is 0 Å². The summed E-state index contributed by atoms with van der Waals surface area (Å²) in [7, 11) is 0. The molecule has 0 atom stereocenters. The van der Waals surface area contributed by atoms with E-state index in [4.69, 9.17) is 4.74 Å². The first-order chi connectivity index (χ1) is 4.30. The number of carbonyl (C=O) groups excluding carboxylic acids is 1. The number of hydrogen-bond acceptors (Lipinski definition) is 2. The van der Waals surface area contributed by atoms with Gasteiger partial charge in [-0.2, -0.15) is 0 Å². The maximum Gasteiger partial charge on any atom is 0.219 e. The van der Waals surface area contributed by atoms with Crippen LogP contribution in [-0.4, -0.2) is 30.6 Å². The molecule has 0 aliphatic carbocycles. The highest BCUT2D eigenvalue weighted by Gasteiger charge is 2.11. The highest BCUT2D eigenvalue weighted by atomic mass is 16.5. The zero-order valence-electron chi connectivity index (χ0n) is 5.46. The van der Waals surface area contributed by atoms with Crippen LogP contribution in [0.1, 0.15) is 6.92 Å². The lowest BCUT2D eigenvalue weighted by atomic mass is 10.4. The summed E-state index contributed by atoms with van der Waals surface area (Å²) in [5.74, 6) is 0.0956. The van der Waals surface area contributed by atoms with Crippen LogP contribution in [0.25, 0.3) is 0 Å². The Morgan fingerprint density at radius 1 is 1.78 bits per heavy atom. The molecular weight excluding hydrogens is 118 g/mol. The van der Waals surface area contributed by atoms with E-state index >= 15 is 0 Å². The summed E-state index contributed by atoms with van der Waals surface area (Å²) in [4.78, 5) is 12.3. The van der Waals surface area contributed by atoms with Crippen LogP contribution in [0.3, 0.4) is 0 Å². The minimum atomic E-state index is 0.0956. The molecule has 1 radical (unpaired) electrons. The molecular formula is C6H10NO2. The van der Waals surface area contributed by atoms with Crippen LogP contribution in [0.5, 0.6) is 0 Å². The van der Waals surface area contributed by atoms with Crippen molar-refractivity contribution in [3.63, 3.8) is 0 Å². The van der Waals surface area contributed by atoms with Gasteiger partial charge in [0, 0.05) is 13.5 Å². The highest BCUT2D eigenvalue weighted by molar-refractivity contribution is 5.73. The molecule has 51 valence electrons. The van der Waals surface area contributed by atoms with E-state index in [0.717, 1.165) is 0 Å². The zero-order valence-corrected chi connectivity index (χ0v) is 5.46. The Morgan fingerprint density at radius 3 is 2.89 bits per heavy atom. The largest absolute Gasteiger partial charge is 0.377 e. The normalized spacial score (nSPS) is 19.9. The first-order valence-corrected chi connectivity index (χ1v) is 2.99. The number of morpholine rings is 1. The smallest absolute Gasteiger partial charge is 0.219 e. The molecule has 1 saturated heterocycles. The van der Waals surface area contributed by atoms with E-state index in [0.29, 0.717) is 19.8 Å². The SMILES string of the molecule is CC(=O)N1[CH]COCC1. The molecule has 3 heteroatoms. The molecule has 1 aliphatic rings. The monoisotopic (exact) mass is 128 g/mol. The second-order valence-corrected chi connectivity index (χ2v) is 1.97. The Bertz CT molecular complexity index is 108. The molecule has 0 aromatic rings. The highest BCUT2D eigenvalue weighted by Crippen LogP contribution is 1.99. The Balaban J connectivity index is 2.31. The topological polar surface area (TPSA) is 29.5 Å². The van der Waals surface area contributed by atoms with Crippen molar-refractivity contribution in [1.82, 2.24) is 4.90 Å². The summed E-state index contributed by atoms with van der Waals surface area (Å²) in [5, 5.41) is 0. The first kappa shape index (κ1) is 6.55. The fourth-order valence-corrected chi connectivity index (χ4v) is 0.766. The minimum Gasteiger partial charge on any atom is -0.377 e. The van der Waals surface area contributed by atoms with Crippen LogP contribution in [0.15, 0.2) is 0 Å². The summed E-state index contributed by atoms with van der Waals surface area (Å²) in [6, 6.07) is 0. The molecule has 1 rings (SSSR count). The van der Waals surface area contributed by atoms with Gasteiger partial charge in [-0.3, -0.25) is 4.79 Å². The molecule has 3 nitrogen and oxygen atoms in total. The van der Waals surface area contributed by atoms with Crippen molar-refractivity contribution in [3.05, 3.63) is 6.54 Å². The maximum atomic E-state index is 10.6. The predicted molar refractivity (Wildman–Crippen MR) is 32.5 cm³/mol. The van der Waals surface area contributed by atoms with Gasteiger partial charge in [0.15, 0.2) is 0 Å². The summed E-state index contributed by atoms with van der Waals surface area (Å²) in [5.41, 5.74) is 0. The summed E-state index contributed by atoms with van der Waals surface area (Å²) < 4.78 is 5.00. The van der Waals surface area contributed by atoms with Crippen molar-refractivity contribution in [1.29, 1.82) is 0 Å². The quantitative estimate of drug-likeness (QED) is 0.460. The molecule has 0 unspecified atom stereocenters. The lowest BCUT2D eigenvalue weighted by Gasteiger charge is -2.24. The van der Waals surface area contributed by atoms with E-state index in [9.17, 15) is 4.79 Å². The number of hydrogen-bond donors (Lipinski definition) is 0. The summed E-state index contributed by atoms with van der Waals surface area (Å²) >= 11 is 0. The average Bonchev–Trinajstić information content (AvgIpc) is 1.90. The third-order valence-corrected chi connectivity index (χ3v) is 1.29. The van der Waals surface area contributed by atoms with Gasteiger partial charge < -0.3 is 9.64 Å².